The van der Waals surface area contributed by atoms with Crippen molar-refractivity contribution in [1.82, 2.24) is 5.32 Å². The standard InChI is InChI=1S/C24H26ClN3O3S/c25-20-3-7-22(8-4-20)31-23-9-5-21(6-10-23)28(17-19-13-14-27-15-19)16-18-1-11-24(12-2-18)32(26,29)30/h1-12,19,27H,13-17H2,(H2,26,29,30). The molecule has 0 bridgehead atoms. The van der Waals surface area contributed by atoms with Gasteiger partial charge in [0.1, 0.15) is 11.5 Å². The molecule has 3 aromatic carbocycles. The molecule has 0 aromatic heterocycles. The van der Waals surface area contributed by atoms with E-state index >= 15 is 0 Å². The number of hydrogen-bond acceptors (Lipinski definition) is 5. The zero-order chi connectivity index (χ0) is 22.6. The number of primary sulfonamides is 1. The van der Waals surface area contributed by atoms with E-state index in [0.29, 0.717) is 17.5 Å². The summed E-state index contributed by atoms with van der Waals surface area (Å²) in [6.07, 6.45) is 1.14. The molecule has 1 atom stereocenters. The minimum Gasteiger partial charge on any atom is -0.457 e. The Morgan fingerprint density at radius 3 is 2.16 bits per heavy atom. The Labute approximate surface area is 194 Å². The molecule has 3 aromatic rings. The van der Waals surface area contributed by atoms with E-state index in [4.69, 9.17) is 21.5 Å². The summed E-state index contributed by atoms with van der Waals surface area (Å²) in [5.41, 5.74) is 2.10. The van der Waals surface area contributed by atoms with E-state index in [0.717, 1.165) is 48.8 Å². The Hall–Kier alpha value is -2.58. The third kappa shape index (κ3) is 6.01. The van der Waals surface area contributed by atoms with Crippen molar-refractivity contribution in [3.05, 3.63) is 83.4 Å². The molecular formula is C24H26ClN3O3S. The Morgan fingerprint density at radius 1 is 0.969 bits per heavy atom. The van der Waals surface area contributed by atoms with Crippen LogP contribution in [0.3, 0.4) is 0 Å². The highest BCUT2D eigenvalue weighted by atomic mass is 35.5. The summed E-state index contributed by atoms with van der Waals surface area (Å²) in [6, 6.07) is 22.0. The second-order valence-corrected chi connectivity index (χ2v) is 9.98. The van der Waals surface area contributed by atoms with E-state index in [2.05, 4.69) is 10.2 Å². The van der Waals surface area contributed by atoms with E-state index in [1.807, 2.05) is 48.5 Å². The van der Waals surface area contributed by atoms with Crippen molar-refractivity contribution in [2.45, 2.75) is 17.9 Å². The molecule has 0 aliphatic carbocycles. The van der Waals surface area contributed by atoms with Crippen molar-refractivity contribution in [1.29, 1.82) is 0 Å². The number of halogens is 1. The van der Waals surface area contributed by atoms with E-state index in [9.17, 15) is 8.42 Å². The maximum Gasteiger partial charge on any atom is 0.238 e. The van der Waals surface area contributed by atoms with Crippen molar-refractivity contribution >= 4 is 27.3 Å². The maximum absolute atomic E-state index is 11.5. The number of sulfonamides is 1. The Bertz CT molecular complexity index is 1130. The summed E-state index contributed by atoms with van der Waals surface area (Å²) in [6.45, 7) is 3.61. The van der Waals surface area contributed by atoms with Crippen molar-refractivity contribution in [3.63, 3.8) is 0 Å². The monoisotopic (exact) mass is 471 g/mol. The van der Waals surface area contributed by atoms with Crippen molar-refractivity contribution < 1.29 is 13.2 Å². The maximum atomic E-state index is 11.5. The highest BCUT2D eigenvalue weighted by Gasteiger charge is 2.19. The quantitative estimate of drug-likeness (QED) is 0.508. The van der Waals surface area contributed by atoms with Gasteiger partial charge in [0.05, 0.1) is 4.90 Å². The second-order valence-electron chi connectivity index (χ2n) is 7.98. The number of nitrogens with one attached hydrogen (secondary N) is 1. The summed E-state index contributed by atoms with van der Waals surface area (Å²) < 4.78 is 29.0. The van der Waals surface area contributed by atoms with E-state index < -0.39 is 10.0 Å². The molecular weight excluding hydrogens is 446 g/mol. The van der Waals surface area contributed by atoms with Crippen LogP contribution < -0.4 is 20.1 Å². The van der Waals surface area contributed by atoms with Gasteiger partial charge in [0, 0.05) is 23.8 Å². The van der Waals surface area contributed by atoms with Gasteiger partial charge in [-0.25, -0.2) is 13.6 Å². The van der Waals surface area contributed by atoms with Crippen LogP contribution in [0.4, 0.5) is 5.69 Å². The largest absolute Gasteiger partial charge is 0.457 e. The Morgan fingerprint density at radius 2 is 1.59 bits per heavy atom. The van der Waals surface area contributed by atoms with E-state index in [-0.39, 0.29) is 4.90 Å². The van der Waals surface area contributed by atoms with Gasteiger partial charge in [-0.2, -0.15) is 0 Å². The average molecular weight is 472 g/mol. The van der Waals surface area contributed by atoms with Crippen LogP contribution in [0.1, 0.15) is 12.0 Å². The second kappa shape index (κ2) is 9.92. The molecule has 0 radical (unpaired) electrons. The molecule has 3 N–H and O–H groups in total. The molecule has 0 saturated carbocycles. The van der Waals surface area contributed by atoms with Crippen LogP contribution in [0.25, 0.3) is 0 Å². The zero-order valence-corrected chi connectivity index (χ0v) is 19.1. The van der Waals surface area contributed by atoms with Crippen LogP contribution in [-0.4, -0.2) is 28.1 Å². The van der Waals surface area contributed by atoms with Crippen LogP contribution in [0.15, 0.2) is 77.7 Å². The predicted molar refractivity (Wildman–Crippen MR) is 128 cm³/mol. The van der Waals surface area contributed by atoms with E-state index in [1.165, 1.54) is 0 Å². The number of nitrogens with zero attached hydrogens (tertiary/aromatic N) is 1. The molecule has 32 heavy (non-hydrogen) atoms. The number of ether oxygens (including phenoxy) is 1. The summed E-state index contributed by atoms with van der Waals surface area (Å²) in [4.78, 5) is 2.44. The lowest BCUT2D eigenvalue weighted by Gasteiger charge is -2.28. The summed E-state index contributed by atoms with van der Waals surface area (Å²) in [5.74, 6) is 2.03. The Kier molecular flexibility index (Phi) is 7.01. The first-order valence-corrected chi connectivity index (χ1v) is 12.4. The molecule has 1 aliphatic rings. The van der Waals surface area contributed by atoms with Gasteiger partial charge in [-0.15, -0.1) is 0 Å². The van der Waals surface area contributed by atoms with Gasteiger partial charge in [-0.1, -0.05) is 23.7 Å². The lowest BCUT2D eigenvalue weighted by atomic mass is 10.1. The predicted octanol–water partition coefficient (Wildman–Crippen LogP) is 4.40. The number of hydrogen-bond donors (Lipinski definition) is 2. The fourth-order valence-corrected chi connectivity index (χ4v) is 4.45. The van der Waals surface area contributed by atoms with E-state index in [1.54, 1.807) is 24.3 Å². The van der Waals surface area contributed by atoms with Gasteiger partial charge < -0.3 is 15.0 Å². The first-order chi connectivity index (χ1) is 15.4. The molecule has 1 fully saturated rings. The van der Waals surface area contributed by atoms with Crippen LogP contribution in [0, 0.1) is 5.92 Å². The van der Waals surface area contributed by atoms with Gasteiger partial charge in [-0.05, 0) is 91.7 Å². The fourth-order valence-electron chi connectivity index (χ4n) is 3.81. The molecule has 4 rings (SSSR count). The first kappa shape index (κ1) is 22.6. The summed E-state index contributed by atoms with van der Waals surface area (Å²) >= 11 is 5.94. The molecule has 0 spiro atoms. The number of anilines is 1. The van der Waals surface area contributed by atoms with Gasteiger partial charge in [0.25, 0.3) is 0 Å². The number of benzene rings is 3. The Balaban J connectivity index is 1.51. The molecule has 1 heterocycles. The lowest BCUT2D eigenvalue weighted by Crippen LogP contribution is -2.30. The smallest absolute Gasteiger partial charge is 0.238 e. The molecule has 1 saturated heterocycles. The number of rotatable bonds is 8. The minimum absolute atomic E-state index is 0.122. The molecule has 168 valence electrons. The summed E-state index contributed by atoms with van der Waals surface area (Å²) in [5, 5.41) is 9.31. The third-order valence-corrected chi connectivity index (χ3v) is 6.70. The third-order valence-electron chi connectivity index (χ3n) is 5.52. The molecule has 0 amide bonds. The van der Waals surface area contributed by atoms with Crippen LogP contribution in [0.5, 0.6) is 11.5 Å². The highest BCUT2D eigenvalue weighted by Crippen LogP contribution is 2.27. The zero-order valence-electron chi connectivity index (χ0n) is 17.6. The summed E-state index contributed by atoms with van der Waals surface area (Å²) in [7, 11) is -3.70. The lowest BCUT2D eigenvalue weighted by molar-refractivity contribution is 0.482. The van der Waals surface area contributed by atoms with Crippen molar-refractivity contribution in [3.8, 4) is 11.5 Å². The van der Waals surface area contributed by atoms with Gasteiger partial charge in [0.15, 0.2) is 0 Å². The normalized spacial score (nSPS) is 16.1. The number of nitrogens with two attached hydrogens (primary N) is 1. The minimum atomic E-state index is -3.70. The first-order valence-electron chi connectivity index (χ1n) is 10.5. The van der Waals surface area contributed by atoms with Crippen molar-refractivity contribution in [2.24, 2.45) is 11.1 Å². The van der Waals surface area contributed by atoms with Crippen LogP contribution >= 0.6 is 11.6 Å². The van der Waals surface area contributed by atoms with Crippen LogP contribution in [-0.2, 0) is 16.6 Å². The highest BCUT2D eigenvalue weighted by molar-refractivity contribution is 7.89. The fraction of sp³-hybridized carbons (Fsp3) is 0.250. The molecule has 8 heteroatoms. The van der Waals surface area contributed by atoms with Crippen molar-refractivity contribution in [2.75, 3.05) is 24.5 Å². The molecule has 1 aliphatic heterocycles. The van der Waals surface area contributed by atoms with Gasteiger partial charge >= 0.3 is 0 Å². The molecule has 1 unspecified atom stereocenters. The molecule has 6 nitrogen and oxygen atoms in total. The van der Waals surface area contributed by atoms with Crippen LogP contribution in [0.2, 0.25) is 5.02 Å². The van der Waals surface area contributed by atoms with Gasteiger partial charge in [0.2, 0.25) is 10.0 Å². The topological polar surface area (TPSA) is 84.7 Å². The average Bonchev–Trinajstić information content (AvgIpc) is 3.28. The SMILES string of the molecule is NS(=O)(=O)c1ccc(CN(CC2CCNC2)c2ccc(Oc3ccc(Cl)cc3)cc2)cc1. The van der Waals surface area contributed by atoms with Gasteiger partial charge in [-0.3, -0.25) is 0 Å².